The molecular weight excluding hydrogens is 386 g/mol. The van der Waals surface area contributed by atoms with E-state index in [1.807, 2.05) is 38.1 Å². The minimum atomic E-state index is -0.419. The summed E-state index contributed by atoms with van der Waals surface area (Å²) in [6, 6.07) is 10.2. The Hall–Kier alpha value is -3.16. The Labute approximate surface area is 176 Å². The van der Waals surface area contributed by atoms with Crippen LogP contribution in [0, 0.1) is 10.1 Å². The number of hydrogen-bond acceptors (Lipinski definition) is 6. The zero-order valence-corrected chi connectivity index (χ0v) is 17.7. The molecule has 2 aromatic carbocycles. The van der Waals surface area contributed by atoms with Crippen molar-refractivity contribution in [3.05, 3.63) is 74.9 Å². The van der Waals surface area contributed by atoms with Gasteiger partial charge in [0.05, 0.1) is 4.92 Å². The lowest BCUT2D eigenvalue weighted by molar-refractivity contribution is -0.384. The summed E-state index contributed by atoms with van der Waals surface area (Å²) in [6.45, 7) is 4.29. The van der Waals surface area contributed by atoms with E-state index >= 15 is 0 Å². The summed E-state index contributed by atoms with van der Waals surface area (Å²) in [6.07, 6.45) is 6.51. The smallest absolute Gasteiger partial charge is 0.269 e. The van der Waals surface area contributed by atoms with E-state index in [-0.39, 0.29) is 19.3 Å². The molecule has 0 spiro atoms. The van der Waals surface area contributed by atoms with Crippen molar-refractivity contribution in [1.29, 1.82) is 0 Å². The number of nitro benzene ring substituents is 1. The predicted octanol–water partition coefficient (Wildman–Crippen LogP) is 5.24. The molecule has 0 amide bonds. The van der Waals surface area contributed by atoms with E-state index in [0.717, 1.165) is 16.7 Å². The first-order valence-corrected chi connectivity index (χ1v) is 9.41. The third-order valence-corrected chi connectivity index (χ3v) is 4.14. The van der Waals surface area contributed by atoms with Gasteiger partial charge in [0.25, 0.3) is 5.69 Å². The number of methoxy groups -OCH3 is 2. The molecule has 160 valence electrons. The van der Waals surface area contributed by atoms with Gasteiger partial charge in [0.15, 0.2) is 13.6 Å². The highest BCUT2D eigenvalue weighted by molar-refractivity contribution is 5.72. The first-order valence-electron chi connectivity index (χ1n) is 9.41. The topological polar surface area (TPSA) is 80.1 Å². The summed E-state index contributed by atoms with van der Waals surface area (Å²) in [4.78, 5) is 10.4. The lowest BCUT2D eigenvalue weighted by Crippen LogP contribution is -2.06. The Bertz CT molecular complexity index is 869. The average molecular weight is 413 g/mol. The van der Waals surface area contributed by atoms with Crippen molar-refractivity contribution in [3.63, 3.8) is 0 Å². The summed E-state index contributed by atoms with van der Waals surface area (Å²) < 4.78 is 21.7. The number of rotatable bonds is 11. The molecule has 0 aliphatic carbocycles. The highest BCUT2D eigenvalue weighted by atomic mass is 16.7. The molecule has 0 fully saturated rings. The van der Waals surface area contributed by atoms with Crippen LogP contribution in [0.25, 0.3) is 12.2 Å². The number of non-ortho nitro benzene ring substituents is 1. The fourth-order valence-electron chi connectivity index (χ4n) is 2.65. The van der Waals surface area contributed by atoms with Crippen LogP contribution in [0.3, 0.4) is 0 Å². The van der Waals surface area contributed by atoms with Crippen molar-refractivity contribution < 1.29 is 23.9 Å². The van der Waals surface area contributed by atoms with Gasteiger partial charge in [-0.25, -0.2) is 0 Å². The van der Waals surface area contributed by atoms with Crippen LogP contribution in [-0.2, 0) is 15.9 Å². The SMILES string of the molecule is COCOc1cc(/C=C/c2ccc([N+](=O)[O-])cc2)cc(OCOC)c1CC=C(C)C. The molecule has 0 aromatic heterocycles. The third-order valence-electron chi connectivity index (χ3n) is 4.14. The standard InChI is InChI=1S/C23H27NO6/c1-17(2)5-12-21-22(29-15-27-3)13-19(14-23(21)30-16-28-4)7-6-18-8-10-20(11-9-18)24(25)26/h5-11,13-14H,12,15-16H2,1-4H3/b7-6+. The van der Waals surface area contributed by atoms with Crippen LogP contribution in [0.15, 0.2) is 48.0 Å². The molecule has 0 atom stereocenters. The van der Waals surface area contributed by atoms with Crippen LogP contribution in [0.4, 0.5) is 5.69 Å². The number of benzene rings is 2. The normalized spacial score (nSPS) is 10.8. The van der Waals surface area contributed by atoms with Gasteiger partial charge in [-0.2, -0.15) is 0 Å². The van der Waals surface area contributed by atoms with Crippen LogP contribution in [0.5, 0.6) is 11.5 Å². The van der Waals surface area contributed by atoms with E-state index in [1.165, 1.54) is 17.7 Å². The second kappa shape index (κ2) is 11.7. The number of nitro groups is 1. The minimum Gasteiger partial charge on any atom is -0.467 e. The van der Waals surface area contributed by atoms with Crippen molar-refractivity contribution in [2.75, 3.05) is 27.8 Å². The van der Waals surface area contributed by atoms with E-state index in [0.29, 0.717) is 17.9 Å². The van der Waals surface area contributed by atoms with Crippen LogP contribution in [0.2, 0.25) is 0 Å². The molecule has 0 saturated heterocycles. The van der Waals surface area contributed by atoms with Crippen LogP contribution >= 0.6 is 0 Å². The van der Waals surface area contributed by atoms with Crippen LogP contribution in [0.1, 0.15) is 30.5 Å². The minimum absolute atomic E-state index is 0.0567. The van der Waals surface area contributed by atoms with Gasteiger partial charge in [-0.3, -0.25) is 10.1 Å². The zero-order chi connectivity index (χ0) is 21.9. The second-order valence-corrected chi connectivity index (χ2v) is 6.77. The van der Waals surface area contributed by atoms with Crippen molar-refractivity contribution in [2.24, 2.45) is 0 Å². The third kappa shape index (κ3) is 7.02. The molecule has 2 aromatic rings. The van der Waals surface area contributed by atoms with Crippen molar-refractivity contribution in [3.8, 4) is 11.5 Å². The van der Waals surface area contributed by atoms with Gasteiger partial charge in [0, 0.05) is 31.9 Å². The van der Waals surface area contributed by atoms with E-state index < -0.39 is 4.92 Å². The number of hydrogen-bond donors (Lipinski definition) is 0. The first kappa shape index (κ1) is 23.1. The lowest BCUT2D eigenvalue weighted by atomic mass is 10.0. The molecule has 0 bridgehead atoms. The summed E-state index contributed by atoms with van der Waals surface area (Å²) in [7, 11) is 3.13. The quantitative estimate of drug-likeness (QED) is 0.165. The number of allylic oxidation sites excluding steroid dienone is 2. The second-order valence-electron chi connectivity index (χ2n) is 6.77. The van der Waals surface area contributed by atoms with Crippen LogP contribution < -0.4 is 9.47 Å². The van der Waals surface area contributed by atoms with Crippen LogP contribution in [-0.4, -0.2) is 32.7 Å². The maximum atomic E-state index is 10.8. The summed E-state index contributed by atoms with van der Waals surface area (Å²) >= 11 is 0. The van der Waals surface area contributed by atoms with Gasteiger partial charge in [0.1, 0.15) is 11.5 Å². The molecule has 2 rings (SSSR count). The zero-order valence-electron chi connectivity index (χ0n) is 17.7. The Kier molecular flexibility index (Phi) is 9.05. The fourth-order valence-corrected chi connectivity index (χ4v) is 2.65. The Balaban J connectivity index is 2.39. The Morgan fingerprint density at radius 3 is 1.93 bits per heavy atom. The maximum Gasteiger partial charge on any atom is 0.269 e. The van der Waals surface area contributed by atoms with Crippen molar-refractivity contribution >= 4 is 17.8 Å². The van der Waals surface area contributed by atoms with Gasteiger partial charge in [0.2, 0.25) is 0 Å². The molecule has 0 radical (unpaired) electrons. The van der Waals surface area contributed by atoms with Gasteiger partial charge >= 0.3 is 0 Å². The van der Waals surface area contributed by atoms with Gasteiger partial charge < -0.3 is 18.9 Å². The molecule has 0 unspecified atom stereocenters. The summed E-state index contributed by atoms with van der Waals surface area (Å²) in [5.74, 6) is 1.32. The molecule has 0 saturated carbocycles. The number of ether oxygens (including phenoxy) is 4. The van der Waals surface area contributed by atoms with Gasteiger partial charge in [-0.1, -0.05) is 23.8 Å². The lowest BCUT2D eigenvalue weighted by Gasteiger charge is -2.16. The monoisotopic (exact) mass is 413 g/mol. The van der Waals surface area contributed by atoms with E-state index in [9.17, 15) is 10.1 Å². The Morgan fingerprint density at radius 2 is 1.47 bits per heavy atom. The molecule has 7 nitrogen and oxygen atoms in total. The maximum absolute atomic E-state index is 10.8. The molecule has 0 heterocycles. The first-order chi connectivity index (χ1) is 14.4. The van der Waals surface area contributed by atoms with Crippen molar-refractivity contribution in [2.45, 2.75) is 20.3 Å². The van der Waals surface area contributed by atoms with Gasteiger partial charge in [-0.05, 0) is 55.7 Å². The average Bonchev–Trinajstić information content (AvgIpc) is 2.73. The fraction of sp³-hybridized carbons (Fsp3) is 0.304. The summed E-state index contributed by atoms with van der Waals surface area (Å²) in [5.41, 5.74) is 3.84. The molecule has 30 heavy (non-hydrogen) atoms. The largest absolute Gasteiger partial charge is 0.467 e. The molecule has 0 aliphatic heterocycles. The Morgan fingerprint density at radius 1 is 0.933 bits per heavy atom. The molecule has 0 N–H and O–H groups in total. The summed E-state index contributed by atoms with van der Waals surface area (Å²) in [5, 5.41) is 10.8. The van der Waals surface area contributed by atoms with E-state index in [4.69, 9.17) is 18.9 Å². The molecule has 7 heteroatoms. The van der Waals surface area contributed by atoms with E-state index in [2.05, 4.69) is 6.08 Å². The molecular formula is C23H27NO6. The van der Waals surface area contributed by atoms with E-state index in [1.54, 1.807) is 26.4 Å². The number of nitrogens with zero attached hydrogens (tertiary/aromatic N) is 1. The van der Waals surface area contributed by atoms with Gasteiger partial charge in [-0.15, -0.1) is 0 Å². The predicted molar refractivity (Wildman–Crippen MR) is 117 cm³/mol. The molecule has 0 aliphatic rings. The highest BCUT2D eigenvalue weighted by Crippen LogP contribution is 2.33. The highest BCUT2D eigenvalue weighted by Gasteiger charge is 2.13. The van der Waals surface area contributed by atoms with Crippen molar-refractivity contribution in [1.82, 2.24) is 0 Å².